The summed E-state index contributed by atoms with van der Waals surface area (Å²) >= 11 is 0. The largest absolute Gasteiger partial charge is 0.458 e. The Kier molecular flexibility index (Phi) is 3.89. The molecule has 0 spiro atoms. The highest BCUT2D eigenvalue weighted by Gasteiger charge is 2.58. The molecule has 0 aromatic heterocycles. The highest BCUT2D eigenvalue weighted by atomic mass is 19.4. The molecule has 0 amide bonds. The first-order valence-corrected chi connectivity index (χ1v) is 6.00. The molecule has 112 valence electrons. The summed E-state index contributed by atoms with van der Waals surface area (Å²) in [5.41, 5.74) is -0.181. The number of rotatable bonds is 3. The molecular formula is C15H11F5O. The summed E-state index contributed by atoms with van der Waals surface area (Å²) in [5, 5.41) is 0. The molecule has 0 saturated carbocycles. The van der Waals surface area contributed by atoms with Crippen molar-refractivity contribution in [2.45, 2.75) is 19.0 Å². The van der Waals surface area contributed by atoms with E-state index in [2.05, 4.69) is 0 Å². The second kappa shape index (κ2) is 5.35. The zero-order chi connectivity index (χ0) is 15.7. The third-order valence-electron chi connectivity index (χ3n) is 2.80. The lowest BCUT2D eigenvalue weighted by atomic mass is 10.1. The predicted octanol–water partition coefficient (Wildman–Crippen LogP) is 5.44. The molecule has 2 aromatic rings. The van der Waals surface area contributed by atoms with Gasteiger partial charge in [-0.25, -0.2) is 0 Å². The minimum Gasteiger partial charge on any atom is -0.457 e. The average molecular weight is 302 g/mol. The molecule has 0 unspecified atom stereocenters. The highest BCUT2D eigenvalue weighted by molar-refractivity contribution is 5.36. The summed E-state index contributed by atoms with van der Waals surface area (Å²) in [5.74, 6) is -4.22. The number of hydrogen-bond donors (Lipinski definition) is 0. The van der Waals surface area contributed by atoms with Crippen LogP contribution in [0.2, 0.25) is 0 Å². The van der Waals surface area contributed by atoms with E-state index < -0.39 is 17.7 Å². The molecule has 0 fully saturated rings. The Morgan fingerprint density at radius 2 is 1.43 bits per heavy atom. The van der Waals surface area contributed by atoms with E-state index in [1.54, 1.807) is 18.2 Å². The van der Waals surface area contributed by atoms with Crippen LogP contribution >= 0.6 is 0 Å². The molecule has 0 aliphatic rings. The fourth-order valence-electron chi connectivity index (χ4n) is 1.71. The van der Waals surface area contributed by atoms with Gasteiger partial charge in [-0.2, -0.15) is 22.0 Å². The smallest absolute Gasteiger partial charge is 0.457 e. The van der Waals surface area contributed by atoms with Crippen molar-refractivity contribution in [3.8, 4) is 11.5 Å². The van der Waals surface area contributed by atoms with Crippen LogP contribution in [0.25, 0.3) is 0 Å². The number of alkyl halides is 5. The first-order valence-electron chi connectivity index (χ1n) is 6.00. The minimum absolute atomic E-state index is 0.183. The lowest BCUT2D eigenvalue weighted by Crippen LogP contribution is -2.33. The topological polar surface area (TPSA) is 9.23 Å². The monoisotopic (exact) mass is 302 g/mol. The lowest BCUT2D eigenvalue weighted by Gasteiger charge is -2.20. The van der Waals surface area contributed by atoms with Crippen molar-refractivity contribution in [3.05, 3.63) is 59.7 Å². The summed E-state index contributed by atoms with van der Waals surface area (Å²) in [6.07, 6.45) is -5.62. The van der Waals surface area contributed by atoms with Crippen LogP contribution in [0.1, 0.15) is 11.1 Å². The third kappa shape index (κ3) is 3.32. The van der Waals surface area contributed by atoms with E-state index in [0.29, 0.717) is 17.9 Å². The van der Waals surface area contributed by atoms with Crippen LogP contribution in [0.5, 0.6) is 11.5 Å². The van der Waals surface area contributed by atoms with Crippen molar-refractivity contribution >= 4 is 0 Å². The summed E-state index contributed by atoms with van der Waals surface area (Å²) in [4.78, 5) is 0. The van der Waals surface area contributed by atoms with E-state index in [9.17, 15) is 22.0 Å². The highest BCUT2D eigenvalue weighted by Crippen LogP contribution is 2.44. The molecule has 2 aromatic carbocycles. The maximum Gasteiger partial charge on any atom is 0.458 e. The molecule has 0 heterocycles. The maximum atomic E-state index is 13.1. The van der Waals surface area contributed by atoms with Crippen LogP contribution in [0.4, 0.5) is 22.0 Å². The molecular weight excluding hydrogens is 291 g/mol. The van der Waals surface area contributed by atoms with Crippen LogP contribution in [0, 0.1) is 6.92 Å². The van der Waals surface area contributed by atoms with E-state index in [-0.39, 0.29) is 5.75 Å². The predicted molar refractivity (Wildman–Crippen MR) is 67.6 cm³/mol. The Labute approximate surface area is 118 Å². The number of aryl methyl sites for hydroxylation is 1. The standard InChI is InChI=1S/C15H11F5O/c1-10-3-2-4-13(9-10)21-12-7-5-11(6-8-12)14(16,17)15(18,19)20/h2-9H,1H3. The number of hydrogen-bond acceptors (Lipinski definition) is 1. The molecule has 0 bridgehead atoms. The molecule has 0 saturated heterocycles. The van der Waals surface area contributed by atoms with E-state index >= 15 is 0 Å². The Morgan fingerprint density at radius 3 is 1.95 bits per heavy atom. The van der Waals surface area contributed by atoms with Gasteiger partial charge in [-0.05, 0) is 48.9 Å². The molecule has 0 aliphatic heterocycles. The zero-order valence-corrected chi connectivity index (χ0v) is 10.9. The quantitative estimate of drug-likeness (QED) is 0.686. The van der Waals surface area contributed by atoms with Crippen molar-refractivity contribution < 1.29 is 26.7 Å². The van der Waals surface area contributed by atoms with E-state index in [0.717, 1.165) is 17.7 Å². The molecule has 0 aliphatic carbocycles. The van der Waals surface area contributed by atoms with Gasteiger partial charge in [0.05, 0.1) is 0 Å². The Hall–Kier alpha value is -2.11. The van der Waals surface area contributed by atoms with Gasteiger partial charge in [0, 0.05) is 5.56 Å². The van der Waals surface area contributed by atoms with Gasteiger partial charge in [-0.15, -0.1) is 0 Å². The van der Waals surface area contributed by atoms with Crippen LogP contribution in [0.3, 0.4) is 0 Å². The number of ether oxygens (including phenoxy) is 1. The van der Waals surface area contributed by atoms with Gasteiger partial charge in [0.1, 0.15) is 11.5 Å². The summed E-state index contributed by atoms with van der Waals surface area (Å²) in [6.45, 7) is 1.85. The van der Waals surface area contributed by atoms with Crippen LogP contribution in [-0.4, -0.2) is 6.18 Å². The molecule has 21 heavy (non-hydrogen) atoms. The Morgan fingerprint density at radius 1 is 0.810 bits per heavy atom. The molecule has 6 heteroatoms. The van der Waals surface area contributed by atoms with Crippen LogP contribution < -0.4 is 4.74 Å². The average Bonchev–Trinajstić information content (AvgIpc) is 2.38. The van der Waals surface area contributed by atoms with Gasteiger partial charge in [0.25, 0.3) is 0 Å². The van der Waals surface area contributed by atoms with E-state index in [4.69, 9.17) is 4.74 Å². The minimum atomic E-state index is -5.62. The van der Waals surface area contributed by atoms with Gasteiger partial charge >= 0.3 is 12.1 Å². The van der Waals surface area contributed by atoms with Gasteiger partial charge < -0.3 is 4.74 Å². The van der Waals surface area contributed by atoms with Crippen molar-refractivity contribution in [2.75, 3.05) is 0 Å². The Balaban J connectivity index is 2.20. The summed E-state index contributed by atoms with van der Waals surface area (Å²) in [7, 11) is 0. The molecule has 2 rings (SSSR count). The van der Waals surface area contributed by atoms with Gasteiger partial charge in [-0.3, -0.25) is 0 Å². The lowest BCUT2D eigenvalue weighted by molar-refractivity contribution is -0.289. The molecule has 0 N–H and O–H groups in total. The van der Waals surface area contributed by atoms with Crippen molar-refractivity contribution in [2.24, 2.45) is 0 Å². The molecule has 1 nitrogen and oxygen atoms in total. The van der Waals surface area contributed by atoms with Crippen molar-refractivity contribution in [1.29, 1.82) is 0 Å². The van der Waals surface area contributed by atoms with Gasteiger partial charge in [0.15, 0.2) is 0 Å². The zero-order valence-electron chi connectivity index (χ0n) is 10.9. The first kappa shape index (κ1) is 15.3. The summed E-state index contributed by atoms with van der Waals surface area (Å²) in [6, 6.07) is 10.5. The van der Waals surface area contributed by atoms with Gasteiger partial charge in [0.2, 0.25) is 0 Å². The second-order valence-corrected chi connectivity index (χ2v) is 4.52. The fraction of sp³-hybridized carbons (Fsp3) is 0.200. The van der Waals surface area contributed by atoms with Crippen molar-refractivity contribution in [3.63, 3.8) is 0 Å². The molecule has 0 atom stereocenters. The van der Waals surface area contributed by atoms with Crippen LogP contribution in [-0.2, 0) is 5.92 Å². The van der Waals surface area contributed by atoms with E-state index in [1.165, 1.54) is 0 Å². The summed E-state index contributed by atoms with van der Waals surface area (Å²) < 4.78 is 68.3. The first-order chi connectivity index (χ1) is 9.70. The molecule has 0 radical (unpaired) electrons. The fourth-order valence-corrected chi connectivity index (χ4v) is 1.71. The normalized spacial score (nSPS) is 12.3. The van der Waals surface area contributed by atoms with E-state index in [1.807, 2.05) is 13.0 Å². The third-order valence-corrected chi connectivity index (χ3v) is 2.80. The number of halogens is 5. The number of benzene rings is 2. The van der Waals surface area contributed by atoms with Crippen LogP contribution in [0.15, 0.2) is 48.5 Å². The SMILES string of the molecule is Cc1cccc(Oc2ccc(C(F)(F)C(F)(F)F)cc2)c1. The second-order valence-electron chi connectivity index (χ2n) is 4.52. The Bertz CT molecular complexity index is 617. The maximum absolute atomic E-state index is 13.1. The van der Waals surface area contributed by atoms with Gasteiger partial charge in [-0.1, -0.05) is 12.1 Å². The van der Waals surface area contributed by atoms with Crippen molar-refractivity contribution in [1.82, 2.24) is 0 Å².